The molecule has 0 aromatic heterocycles. The zero-order valence-electron chi connectivity index (χ0n) is 12.4. The van der Waals surface area contributed by atoms with Crippen LogP contribution in [0, 0.1) is 11.7 Å². The number of carbonyl (C=O) groups excluding carboxylic acids is 1. The number of amides is 1. The Morgan fingerprint density at radius 2 is 2.10 bits per heavy atom. The molecule has 21 heavy (non-hydrogen) atoms. The highest BCUT2D eigenvalue weighted by molar-refractivity contribution is 5.78. The predicted octanol–water partition coefficient (Wildman–Crippen LogP) is 2.18. The largest absolute Gasteiger partial charge is 0.492 e. The van der Waals surface area contributed by atoms with Crippen LogP contribution in [-0.4, -0.2) is 37.0 Å². The molecule has 1 aliphatic rings. The second-order valence-electron chi connectivity index (χ2n) is 5.69. The molecule has 2 atom stereocenters. The number of rotatable bonds is 5. The predicted molar refractivity (Wildman–Crippen MR) is 79.5 cm³/mol. The van der Waals surface area contributed by atoms with Gasteiger partial charge in [0.25, 0.3) is 0 Å². The van der Waals surface area contributed by atoms with Gasteiger partial charge in [-0.05, 0) is 43.5 Å². The van der Waals surface area contributed by atoms with Crippen molar-refractivity contribution in [2.75, 3.05) is 20.2 Å². The summed E-state index contributed by atoms with van der Waals surface area (Å²) >= 11 is 0. The summed E-state index contributed by atoms with van der Waals surface area (Å²) in [6, 6.07) is 6.02. The molecule has 1 aromatic rings. The molecule has 0 aliphatic heterocycles. The number of likely N-dealkylation sites (N-methyl/N-ethyl adjacent to an activating group) is 1. The Bertz CT molecular complexity index is 464. The van der Waals surface area contributed by atoms with Gasteiger partial charge in [-0.15, -0.1) is 0 Å². The van der Waals surface area contributed by atoms with Gasteiger partial charge in [0.15, 0.2) is 0 Å². The second-order valence-corrected chi connectivity index (χ2v) is 5.69. The monoisotopic (exact) mass is 294 g/mol. The number of hydrogen-bond donors (Lipinski definition) is 1. The number of nitrogens with two attached hydrogens (primary N) is 1. The molecule has 0 bridgehead atoms. The minimum atomic E-state index is -0.289. The molecule has 1 aromatic carbocycles. The van der Waals surface area contributed by atoms with Crippen LogP contribution in [0.15, 0.2) is 24.3 Å². The van der Waals surface area contributed by atoms with Crippen molar-refractivity contribution in [2.45, 2.75) is 31.7 Å². The zero-order valence-corrected chi connectivity index (χ0v) is 12.4. The van der Waals surface area contributed by atoms with Crippen LogP contribution >= 0.6 is 0 Å². The van der Waals surface area contributed by atoms with Crippen molar-refractivity contribution >= 4 is 5.91 Å². The Hall–Kier alpha value is -1.62. The van der Waals surface area contributed by atoms with Gasteiger partial charge in [0.1, 0.15) is 18.2 Å². The number of nitrogens with zero attached hydrogens (tertiary/aromatic N) is 1. The fraction of sp³-hybridized carbons (Fsp3) is 0.562. The minimum Gasteiger partial charge on any atom is -0.492 e. The zero-order chi connectivity index (χ0) is 15.2. The van der Waals surface area contributed by atoms with E-state index in [1.807, 2.05) is 0 Å². The van der Waals surface area contributed by atoms with E-state index in [0.717, 1.165) is 25.7 Å². The van der Waals surface area contributed by atoms with Gasteiger partial charge >= 0.3 is 0 Å². The molecule has 0 spiro atoms. The summed E-state index contributed by atoms with van der Waals surface area (Å²) in [6.07, 6.45) is 3.75. The van der Waals surface area contributed by atoms with Crippen molar-refractivity contribution < 1.29 is 13.9 Å². The van der Waals surface area contributed by atoms with Crippen molar-refractivity contribution in [1.29, 1.82) is 0 Å². The van der Waals surface area contributed by atoms with E-state index in [9.17, 15) is 9.18 Å². The summed E-state index contributed by atoms with van der Waals surface area (Å²) in [6.45, 7) is 0.911. The van der Waals surface area contributed by atoms with E-state index in [4.69, 9.17) is 10.5 Å². The molecule has 116 valence electrons. The van der Waals surface area contributed by atoms with Crippen molar-refractivity contribution in [1.82, 2.24) is 4.90 Å². The van der Waals surface area contributed by atoms with Crippen LogP contribution in [0.2, 0.25) is 0 Å². The standard InChI is InChI=1S/C16H23FN2O2/c1-19(16(20)12-3-2-4-14(18)11-12)9-10-21-15-7-5-13(17)6-8-15/h5-8,12,14H,2-4,9-11,18H2,1H3/t12-,14+/m0/s1. The molecule has 5 heteroatoms. The van der Waals surface area contributed by atoms with Crippen LogP contribution in [0.25, 0.3) is 0 Å². The van der Waals surface area contributed by atoms with Crippen LogP contribution < -0.4 is 10.5 Å². The topological polar surface area (TPSA) is 55.6 Å². The van der Waals surface area contributed by atoms with E-state index in [0.29, 0.717) is 18.9 Å². The third-order valence-corrected chi connectivity index (χ3v) is 3.95. The first-order valence-corrected chi connectivity index (χ1v) is 7.45. The van der Waals surface area contributed by atoms with Crippen molar-refractivity contribution in [3.8, 4) is 5.75 Å². The minimum absolute atomic E-state index is 0.0459. The lowest BCUT2D eigenvalue weighted by molar-refractivity contribution is -0.135. The number of halogens is 1. The maximum atomic E-state index is 12.8. The molecule has 0 radical (unpaired) electrons. The van der Waals surface area contributed by atoms with Crippen molar-refractivity contribution in [2.24, 2.45) is 11.7 Å². The molecule has 4 nitrogen and oxygen atoms in total. The van der Waals surface area contributed by atoms with Crippen LogP contribution in [0.1, 0.15) is 25.7 Å². The van der Waals surface area contributed by atoms with Crippen molar-refractivity contribution in [3.63, 3.8) is 0 Å². The first kappa shape index (κ1) is 15.8. The Balaban J connectivity index is 1.74. The third kappa shape index (κ3) is 4.70. The summed E-state index contributed by atoms with van der Waals surface area (Å²) in [4.78, 5) is 14.0. The Labute approximate surface area is 125 Å². The fourth-order valence-electron chi connectivity index (χ4n) is 2.70. The van der Waals surface area contributed by atoms with E-state index in [2.05, 4.69) is 0 Å². The van der Waals surface area contributed by atoms with Gasteiger partial charge in [-0.1, -0.05) is 6.42 Å². The average molecular weight is 294 g/mol. The maximum Gasteiger partial charge on any atom is 0.225 e. The van der Waals surface area contributed by atoms with E-state index in [1.54, 1.807) is 24.1 Å². The second kappa shape index (κ2) is 7.41. The van der Waals surface area contributed by atoms with Crippen LogP contribution in [-0.2, 0) is 4.79 Å². The van der Waals surface area contributed by atoms with Gasteiger partial charge in [0.2, 0.25) is 5.91 Å². The van der Waals surface area contributed by atoms with E-state index < -0.39 is 0 Å². The molecule has 1 aliphatic carbocycles. The van der Waals surface area contributed by atoms with Gasteiger partial charge in [0.05, 0.1) is 6.54 Å². The summed E-state index contributed by atoms with van der Waals surface area (Å²) in [5, 5.41) is 0. The Kier molecular flexibility index (Phi) is 5.56. The number of hydrogen-bond acceptors (Lipinski definition) is 3. The van der Waals surface area contributed by atoms with Gasteiger partial charge in [0, 0.05) is 19.0 Å². The Morgan fingerprint density at radius 1 is 1.38 bits per heavy atom. The normalized spacial score (nSPS) is 21.9. The molecule has 0 unspecified atom stereocenters. The lowest BCUT2D eigenvalue weighted by Gasteiger charge is -2.29. The van der Waals surface area contributed by atoms with E-state index >= 15 is 0 Å². The molecular weight excluding hydrogens is 271 g/mol. The van der Waals surface area contributed by atoms with Crippen LogP contribution in [0.3, 0.4) is 0 Å². The average Bonchev–Trinajstić information content (AvgIpc) is 2.48. The Morgan fingerprint density at radius 3 is 2.76 bits per heavy atom. The van der Waals surface area contributed by atoms with Crippen LogP contribution in [0.5, 0.6) is 5.75 Å². The van der Waals surface area contributed by atoms with Gasteiger partial charge in [-0.2, -0.15) is 0 Å². The lowest BCUT2D eigenvalue weighted by atomic mass is 9.85. The molecule has 0 saturated heterocycles. The lowest BCUT2D eigenvalue weighted by Crippen LogP contribution is -2.40. The SMILES string of the molecule is CN(CCOc1ccc(F)cc1)C(=O)[C@H]1CCC[C@@H](N)C1. The maximum absolute atomic E-state index is 12.8. The number of ether oxygens (including phenoxy) is 1. The van der Waals surface area contributed by atoms with Gasteiger partial charge < -0.3 is 15.4 Å². The smallest absolute Gasteiger partial charge is 0.225 e. The van der Waals surface area contributed by atoms with E-state index in [1.165, 1.54) is 12.1 Å². The highest BCUT2D eigenvalue weighted by Gasteiger charge is 2.27. The molecular formula is C16H23FN2O2. The molecule has 2 N–H and O–H groups in total. The van der Waals surface area contributed by atoms with Gasteiger partial charge in [-0.3, -0.25) is 4.79 Å². The first-order valence-electron chi connectivity index (χ1n) is 7.45. The van der Waals surface area contributed by atoms with Crippen molar-refractivity contribution in [3.05, 3.63) is 30.1 Å². The third-order valence-electron chi connectivity index (χ3n) is 3.95. The summed E-state index contributed by atoms with van der Waals surface area (Å²) < 4.78 is 18.3. The summed E-state index contributed by atoms with van der Waals surface area (Å²) in [5.74, 6) is 0.512. The molecule has 2 rings (SSSR count). The molecule has 1 fully saturated rings. The molecule has 1 amide bonds. The van der Waals surface area contributed by atoms with Gasteiger partial charge in [-0.25, -0.2) is 4.39 Å². The highest BCUT2D eigenvalue weighted by atomic mass is 19.1. The number of carbonyl (C=O) groups is 1. The first-order chi connectivity index (χ1) is 10.1. The highest BCUT2D eigenvalue weighted by Crippen LogP contribution is 2.24. The van der Waals surface area contributed by atoms with Crippen LogP contribution in [0.4, 0.5) is 4.39 Å². The quantitative estimate of drug-likeness (QED) is 0.905. The summed E-state index contributed by atoms with van der Waals surface area (Å²) in [5.41, 5.74) is 5.93. The molecule has 1 saturated carbocycles. The molecule has 0 heterocycles. The summed E-state index contributed by atoms with van der Waals surface area (Å²) in [7, 11) is 1.79. The number of benzene rings is 1. The fourth-order valence-corrected chi connectivity index (χ4v) is 2.70. The van der Waals surface area contributed by atoms with E-state index in [-0.39, 0.29) is 23.7 Å².